The maximum absolute atomic E-state index is 11.2. The molecule has 0 aromatic heterocycles. The molecule has 0 amide bonds. The molecule has 3 nitrogen and oxygen atoms in total. The van der Waals surface area contributed by atoms with Gasteiger partial charge in [-0.1, -0.05) is 0 Å². The third-order valence-corrected chi connectivity index (χ3v) is 3.34. The zero-order valence-electron chi connectivity index (χ0n) is 8.08. The van der Waals surface area contributed by atoms with Crippen molar-refractivity contribution in [2.45, 2.75) is 19.8 Å². The van der Waals surface area contributed by atoms with Gasteiger partial charge in [-0.25, -0.2) is 0 Å². The van der Waals surface area contributed by atoms with E-state index >= 15 is 0 Å². The zero-order chi connectivity index (χ0) is 9.26. The summed E-state index contributed by atoms with van der Waals surface area (Å²) < 4.78 is 4.95. The van der Waals surface area contributed by atoms with Gasteiger partial charge in [0.25, 0.3) is 0 Å². The number of rotatable bonds is 3. The number of ether oxygens (including phenoxy) is 1. The molecule has 2 bridgehead atoms. The molecular weight excluding hydrogens is 166 g/mol. The van der Waals surface area contributed by atoms with E-state index in [9.17, 15) is 4.79 Å². The van der Waals surface area contributed by atoms with Gasteiger partial charge in [0.1, 0.15) is 0 Å². The minimum atomic E-state index is -0.0101. The van der Waals surface area contributed by atoms with E-state index in [0.717, 1.165) is 24.9 Å². The fourth-order valence-electron chi connectivity index (χ4n) is 2.60. The van der Waals surface area contributed by atoms with Crippen LogP contribution in [0.15, 0.2) is 0 Å². The van der Waals surface area contributed by atoms with Crippen LogP contribution in [0.1, 0.15) is 19.8 Å². The first kappa shape index (κ1) is 9.00. The standard InChI is InChI=1S/C10H17NO2/c1-2-13-10(12)4-9-7-3-8(9)6-11-5-7/h7-9,11H,2-6H2,1H3/t7-,8?,9?/m1/s1. The third kappa shape index (κ3) is 1.70. The summed E-state index contributed by atoms with van der Waals surface area (Å²) in [5.74, 6) is 2.08. The highest BCUT2D eigenvalue weighted by Gasteiger charge is 2.44. The van der Waals surface area contributed by atoms with Crippen molar-refractivity contribution < 1.29 is 9.53 Å². The second-order valence-corrected chi connectivity index (χ2v) is 4.09. The van der Waals surface area contributed by atoms with Crippen molar-refractivity contribution in [1.82, 2.24) is 5.32 Å². The van der Waals surface area contributed by atoms with Gasteiger partial charge in [0.15, 0.2) is 0 Å². The van der Waals surface area contributed by atoms with Gasteiger partial charge in [-0.05, 0) is 44.2 Å². The number of carbonyl (C=O) groups excluding carboxylic acids is 1. The summed E-state index contributed by atoms with van der Waals surface area (Å²) in [5, 5.41) is 3.37. The van der Waals surface area contributed by atoms with Crippen molar-refractivity contribution in [3.63, 3.8) is 0 Å². The first-order valence-corrected chi connectivity index (χ1v) is 5.17. The van der Waals surface area contributed by atoms with Gasteiger partial charge < -0.3 is 10.1 Å². The molecule has 2 heterocycles. The predicted octanol–water partition coefficient (Wildman–Crippen LogP) is 0.795. The Kier molecular flexibility index (Phi) is 2.54. The number of hydrogen-bond donors (Lipinski definition) is 1. The van der Waals surface area contributed by atoms with Crippen LogP contribution in [0.25, 0.3) is 0 Å². The minimum absolute atomic E-state index is 0.0101. The van der Waals surface area contributed by atoms with Gasteiger partial charge in [-0.15, -0.1) is 0 Å². The summed E-state index contributed by atoms with van der Waals surface area (Å²) in [6.45, 7) is 4.57. The van der Waals surface area contributed by atoms with Gasteiger partial charge in [0, 0.05) is 6.42 Å². The Balaban J connectivity index is 1.79. The van der Waals surface area contributed by atoms with Gasteiger partial charge in [0.2, 0.25) is 0 Å². The largest absolute Gasteiger partial charge is 0.466 e. The molecule has 3 heteroatoms. The van der Waals surface area contributed by atoms with Gasteiger partial charge in [-0.3, -0.25) is 4.79 Å². The molecular formula is C10H17NO2. The monoisotopic (exact) mass is 183 g/mol. The van der Waals surface area contributed by atoms with Crippen molar-refractivity contribution in [3.05, 3.63) is 0 Å². The van der Waals surface area contributed by atoms with Crippen LogP contribution in [0.2, 0.25) is 0 Å². The average Bonchev–Trinajstić information content (AvgIpc) is 2.16. The molecule has 0 aromatic rings. The molecule has 13 heavy (non-hydrogen) atoms. The lowest BCUT2D eigenvalue weighted by atomic mass is 9.61. The van der Waals surface area contributed by atoms with Crippen LogP contribution in [0, 0.1) is 17.8 Å². The lowest BCUT2D eigenvalue weighted by Gasteiger charge is -2.49. The molecule has 1 N–H and O–H groups in total. The van der Waals surface area contributed by atoms with Crippen molar-refractivity contribution >= 4 is 5.97 Å². The van der Waals surface area contributed by atoms with E-state index in [1.165, 1.54) is 6.42 Å². The summed E-state index contributed by atoms with van der Waals surface area (Å²) in [6, 6.07) is 0. The molecule has 3 aliphatic rings. The van der Waals surface area contributed by atoms with Crippen LogP contribution in [0.4, 0.5) is 0 Å². The molecule has 1 saturated carbocycles. The zero-order valence-corrected chi connectivity index (χ0v) is 8.08. The Morgan fingerprint density at radius 3 is 2.69 bits per heavy atom. The number of fused-ring (bicyclic) bond motifs is 2. The number of nitrogens with one attached hydrogen (secondary N) is 1. The topological polar surface area (TPSA) is 38.3 Å². The van der Waals surface area contributed by atoms with Crippen LogP contribution >= 0.6 is 0 Å². The first-order valence-electron chi connectivity index (χ1n) is 5.17. The number of carbonyl (C=O) groups is 1. The predicted molar refractivity (Wildman–Crippen MR) is 49.2 cm³/mol. The molecule has 2 unspecified atom stereocenters. The Hall–Kier alpha value is -0.570. The molecule has 0 aromatic carbocycles. The summed E-state index contributed by atoms with van der Waals surface area (Å²) in [5.41, 5.74) is 0. The fraction of sp³-hybridized carbons (Fsp3) is 0.900. The van der Waals surface area contributed by atoms with E-state index in [0.29, 0.717) is 18.9 Å². The SMILES string of the molecule is CCOC(=O)CC1C2CNC[C@H]1C2. The van der Waals surface area contributed by atoms with E-state index in [1.807, 2.05) is 6.92 Å². The summed E-state index contributed by atoms with van der Waals surface area (Å²) in [6.07, 6.45) is 1.96. The smallest absolute Gasteiger partial charge is 0.306 e. The highest BCUT2D eigenvalue weighted by atomic mass is 16.5. The molecule has 3 fully saturated rings. The maximum atomic E-state index is 11.2. The fourth-order valence-corrected chi connectivity index (χ4v) is 2.60. The van der Waals surface area contributed by atoms with E-state index in [2.05, 4.69) is 5.32 Å². The summed E-state index contributed by atoms with van der Waals surface area (Å²) in [4.78, 5) is 11.2. The van der Waals surface area contributed by atoms with Crippen LogP contribution in [0.3, 0.4) is 0 Å². The van der Waals surface area contributed by atoms with E-state index < -0.39 is 0 Å². The van der Waals surface area contributed by atoms with Crippen molar-refractivity contribution in [2.24, 2.45) is 17.8 Å². The Labute approximate surface area is 78.8 Å². The van der Waals surface area contributed by atoms with Gasteiger partial charge in [-0.2, -0.15) is 0 Å². The molecule has 2 saturated heterocycles. The average molecular weight is 183 g/mol. The second kappa shape index (κ2) is 3.66. The maximum Gasteiger partial charge on any atom is 0.306 e. The summed E-state index contributed by atoms with van der Waals surface area (Å²) in [7, 11) is 0. The molecule has 0 spiro atoms. The third-order valence-electron chi connectivity index (χ3n) is 3.34. The summed E-state index contributed by atoms with van der Waals surface area (Å²) >= 11 is 0. The van der Waals surface area contributed by atoms with Gasteiger partial charge in [0.05, 0.1) is 6.61 Å². The number of hydrogen-bond acceptors (Lipinski definition) is 3. The van der Waals surface area contributed by atoms with E-state index in [4.69, 9.17) is 4.74 Å². The quantitative estimate of drug-likeness (QED) is 0.658. The number of esters is 1. The molecule has 3 atom stereocenters. The van der Waals surface area contributed by atoms with Crippen LogP contribution in [0.5, 0.6) is 0 Å². The van der Waals surface area contributed by atoms with Crippen molar-refractivity contribution in [3.8, 4) is 0 Å². The van der Waals surface area contributed by atoms with Crippen molar-refractivity contribution in [1.29, 1.82) is 0 Å². The molecule has 1 aliphatic carbocycles. The lowest BCUT2D eigenvalue weighted by molar-refractivity contribution is -0.147. The number of piperidine rings is 2. The molecule has 3 rings (SSSR count). The van der Waals surface area contributed by atoms with Crippen LogP contribution < -0.4 is 5.32 Å². The highest BCUT2D eigenvalue weighted by molar-refractivity contribution is 5.69. The molecule has 2 aliphatic heterocycles. The lowest BCUT2D eigenvalue weighted by Crippen LogP contribution is -2.53. The van der Waals surface area contributed by atoms with E-state index in [1.54, 1.807) is 0 Å². The second-order valence-electron chi connectivity index (χ2n) is 4.09. The van der Waals surface area contributed by atoms with Gasteiger partial charge >= 0.3 is 5.97 Å². The highest BCUT2D eigenvalue weighted by Crippen LogP contribution is 2.44. The Morgan fingerprint density at radius 1 is 1.46 bits per heavy atom. The van der Waals surface area contributed by atoms with Crippen LogP contribution in [-0.4, -0.2) is 25.7 Å². The molecule has 74 valence electrons. The Morgan fingerprint density at radius 2 is 2.15 bits per heavy atom. The van der Waals surface area contributed by atoms with E-state index in [-0.39, 0.29) is 5.97 Å². The Bertz CT molecular complexity index is 191. The van der Waals surface area contributed by atoms with Crippen molar-refractivity contribution in [2.75, 3.05) is 19.7 Å². The first-order chi connectivity index (χ1) is 6.31. The molecule has 0 radical (unpaired) electrons. The normalized spacial score (nSPS) is 36.5. The minimum Gasteiger partial charge on any atom is -0.466 e. The van der Waals surface area contributed by atoms with Crippen LogP contribution in [-0.2, 0) is 9.53 Å².